The topological polar surface area (TPSA) is 81.0 Å². The fraction of sp³-hybridized carbons (Fsp3) is 0.200. The molecule has 4 aromatic rings. The molecule has 1 aliphatic rings. The van der Waals surface area contributed by atoms with Crippen LogP contribution in [0.4, 0.5) is 5.69 Å². The normalized spacial score (nSPS) is 14.7. The minimum Gasteiger partial charge on any atom is -0.496 e. The van der Waals surface area contributed by atoms with E-state index in [-0.39, 0.29) is 24.5 Å². The molecule has 0 aliphatic carbocycles. The van der Waals surface area contributed by atoms with Crippen LogP contribution in [-0.2, 0) is 24.4 Å². The van der Waals surface area contributed by atoms with Gasteiger partial charge in [0.25, 0.3) is 5.91 Å². The molecule has 0 saturated heterocycles. The molecule has 3 aromatic carbocycles. The number of carbonyl (C=O) groups excluding carboxylic acids is 2. The Balaban J connectivity index is 1.42. The number of amides is 2. The van der Waals surface area contributed by atoms with Gasteiger partial charge in [-0.05, 0) is 72.1 Å². The first-order valence-electron chi connectivity index (χ1n) is 12.1. The summed E-state index contributed by atoms with van der Waals surface area (Å²) in [7, 11) is 1.63. The van der Waals surface area contributed by atoms with E-state index in [1.165, 1.54) is 6.92 Å². The molecule has 7 heteroatoms. The van der Waals surface area contributed by atoms with Crippen LogP contribution >= 0.6 is 0 Å². The second-order valence-electron chi connectivity index (χ2n) is 8.96. The van der Waals surface area contributed by atoms with Gasteiger partial charge in [0.05, 0.1) is 26.0 Å². The number of ether oxygens (including phenoxy) is 2. The zero-order chi connectivity index (χ0) is 25.8. The molecule has 1 atom stereocenters. The van der Waals surface area contributed by atoms with Crippen LogP contribution in [0.25, 0.3) is 0 Å². The first kappa shape index (κ1) is 24.2. The fourth-order valence-electron chi connectivity index (χ4n) is 4.69. The maximum Gasteiger partial charge on any atom is 0.255 e. The quantitative estimate of drug-likeness (QED) is 0.335. The predicted molar refractivity (Wildman–Crippen MR) is 140 cm³/mol. The third-order valence-corrected chi connectivity index (χ3v) is 6.46. The van der Waals surface area contributed by atoms with Gasteiger partial charge < -0.3 is 24.1 Å². The molecule has 0 radical (unpaired) electrons. The Kier molecular flexibility index (Phi) is 6.94. The van der Waals surface area contributed by atoms with Crippen LogP contribution in [0.1, 0.15) is 45.8 Å². The highest BCUT2D eigenvalue weighted by atomic mass is 16.5. The third-order valence-electron chi connectivity index (χ3n) is 6.46. The number of fused-ring (bicyclic) bond motifs is 1. The lowest BCUT2D eigenvalue weighted by Crippen LogP contribution is -2.39. The van der Waals surface area contributed by atoms with Gasteiger partial charge in [0.2, 0.25) is 5.91 Å². The van der Waals surface area contributed by atoms with Gasteiger partial charge in [0.15, 0.2) is 0 Å². The summed E-state index contributed by atoms with van der Waals surface area (Å²) in [6.45, 7) is 2.13. The largest absolute Gasteiger partial charge is 0.496 e. The van der Waals surface area contributed by atoms with Crippen molar-refractivity contribution < 1.29 is 23.5 Å². The van der Waals surface area contributed by atoms with E-state index in [1.807, 2.05) is 71.6 Å². The summed E-state index contributed by atoms with van der Waals surface area (Å²) < 4.78 is 17.2. The van der Waals surface area contributed by atoms with Gasteiger partial charge >= 0.3 is 0 Å². The van der Waals surface area contributed by atoms with Crippen LogP contribution in [0.5, 0.6) is 11.5 Å². The molecular formula is C30H28N2O5. The monoisotopic (exact) mass is 496 g/mol. The van der Waals surface area contributed by atoms with Crippen molar-refractivity contribution >= 4 is 17.5 Å². The van der Waals surface area contributed by atoms with Gasteiger partial charge in [-0.1, -0.05) is 24.3 Å². The second kappa shape index (κ2) is 10.6. The van der Waals surface area contributed by atoms with E-state index in [9.17, 15) is 9.59 Å². The number of nitrogens with zero attached hydrogens (tertiary/aromatic N) is 1. The van der Waals surface area contributed by atoms with Gasteiger partial charge in [0.1, 0.15) is 23.9 Å². The van der Waals surface area contributed by atoms with E-state index in [4.69, 9.17) is 13.9 Å². The van der Waals surface area contributed by atoms with E-state index in [2.05, 4.69) is 5.32 Å². The SMILES string of the molecule is COc1ccc(C2Cc3ccccc3C(=O)N2Cc2ccco2)cc1COc1ccc(NC(C)=O)cc1. The number of benzene rings is 3. The minimum atomic E-state index is -0.172. The maximum atomic E-state index is 13.5. The van der Waals surface area contributed by atoms with Crippen molar-refractivity contribution in [3.8, 4) is 11.5 Å². The molecule has 188 valence electrons. The Hall–Kier alpha value is -4.52. The zero-order valence-electron chi connectivity index (χ0n) is 20.8. The lowest BCUT2D eigenvalue weighted by Gasteiger charge is -2.37. The number of rotatable bonds is 8. The van der Waals surface area contributed by atoms with Gasteiger partial charge in [0, 0.05) is 23.7 Å². The Morgan fingerprint density at radius 1 is 1.05 bits per heavy atom. The first-order chi connectivity index (χ1) is 18.0. The van der Waals surface area contributed by atoms with E-state index in [0.29, 0.717) is 30.2 Å². The number of nitrogens with one attached hydrogen (secondary N) is 1. The smallest absolute Gasteiger partial charge is 0.255 e. The zero-order valence-corrected chi connectivity index (χ0v) is 20.8. The number of methoxy groups -OCH3 is 1. The molecule has 0 bridgehead atoms. The first-order valence-corrected chi connectivity index (χ1v) is 12.1. The van der Waals surface area contributed by atoms with E-state index in [0.717, 1.165) is 28.0 Å². The molecule has 5 rings (SSSR count). The van der Waals surface area contributed by atoms with Crippen LogP contribution in [0.3, 0.4) is 0 Å². The average Bonchev–Trinajstić information content (AvgIpc) is 3.43. The summed E-state index contributed by atoms with van der Waals surface area (Å²) in [6, 6.07) is 24.5. The lowest BCUT2D eigenvalue weighted by molar-refractivity contribution is -0.114. The van der Waals surface area contributed by atoms with Crippen LogP contribution in [0, 0.1) is 0 Å². The van der Waals surface area contributed by atoms with Crippen LogP contribution in [-0.4, -0.2) is 23.8 Å². The van der Waals surface area contributed by atoms with Crippen molar-refractivity contribution in [2.75, 3.05) is 12.4 Å². The molecule has 37 heavy (non-hydrogen) atoms. The summed E-state index contributed by atoms with van der Waals surface area (Å²) >= 11 is 0. The summed E-state index contributed by atoms with van der Waals surface area (Å²) in [5, 5.41) is 2.74. The average molecular weight is 497 g/mol. The highest BCUT2D eigenvalue weighted by molar-refractivity contribution is 5.97. The van der Waals surface area contributed by atoms with Crippen molar-refractivity contribution in [2.24, 2.45) is 0 Å². The van der Waals surface area contributed by atoms with Gasteiger partial charge in [-0.15, -0.1) is 0 Å². The highest BCUT2D eigenvalue weighted by Crippen LogP contribution is 2.36. The van der Waals surface area contributed by atoms with Crippen molar-refractivity contribution in [2.45, 2.75) is 32.5 Å². The molecule has 1 N–H and O–H groups in total. The van der Waals surface area contributed by atoms with Crippen LogP contribution < -0.4 is 14.8 Å². The molecular weight excluding hydrogens is 468 g/mol. The van der Waals surface area contributed by atoms with Crippen LogP contribution in [0.15, 0.2) is 89.5 Å². The second-order valence-corrected chi connectivity index (χ2v) is 8.96. The standard InChI is InChI=1S/C30H28N2O5/c1-20(33)31-24-10-12-25(13-11-24)37-19-23-16-22(9-14-29(23)35-2)28-17-21-6-3-4-8-27(21)30(34)32(28)18-26-7-5-15-36-26/h3-16,28H,17-19H2,1-2H3,(H,31,33). The van der Waals surface area contributed by atoms with Crippen LogP contribution in [0.2, 0.25) is 0 Å². The summed E-state index contributed by atoms with van der Waals surface area (Å²) in [5.41, 5.74) is 4.33. The summed E-state index contributed by atoms with van der Waals surface area (Å²) in [6.07, 6.45) is 2.32. The molecule has 7 nitrogen and oxygen atoms in total. The number of anilines is 1. The Labute approximate surface area is 215 Å². The Morgan fingerprint density at radius 2 is 1.86 bits per heavy atom. The predicted octanol–water partition coefficient (Wildman–Crippen LogP) is 5.77. The molecule has 0 saturated carbocycles. The molecule has 0 fully saturated rings. The van der Waals surface area contributed by atoms with Crippen molar-refractivity contribution in [3.63, 3.8) is 0 Å². The number of furan rings is 1. The number of hydrogen-bond donors (Lipinski definition) is 1. The highest BCUT2D eigenvalue weighted by Gasteiger charge is 2.34. The van der Waals surface area contributed by atoms with E-state index >= 15 is 0 Å². The van der Waals surface area contributed by atoms with E-state index < -0.39 is 0 Å². The molecule has 1 aliphatic heterocycles. The van der Waals surface area contributed by atoms with E-state index in [1.54, 1.807) is 25.5 Å². The third kappa shape index (κ3) is 5.35. The maximum absolute atomic E-state index is 13.5. The molecule has 1 unspecified atom stereocenters. The Morgan fingerprint density at radius 3 is 2.59 bits per heavy atom. The minimum absolute atomic E-state index is 0.0175. The summed E-state index contributed by atoms with van der Waals surface area (Å²) in [4.78, 5) is 26.7. The van der Waals surface area contributed by atoms with Gasteiger partial charge in [-0.25, -0.2) is 0 Å². The van der Waals surface area contributed by atoms with Gasteiger partial charge in [-0.3, -0.25) is 9.59 Å². The molecule has 2 heterocycles. The molecule has 1 aromatic heterocycles. The van der Waals surface area contributed by atoms with Crippen molar-refractivity contribution in [3.05, 3.63) is 113 Å². The number of carbonyl (C=O) groups is 2. The Bertz CT molecular complexity index is 1400. The number of hydrogen-bond acceptors (Lipinski definition) is 5. The van der Waals surface area contributed by atoms with Gasteiger partial charge in [-0.2, -0.15) is 0 Å². The van der Waals surface area contributed by atoms with Crippen molar-refractivity contribution in [1.29, 1.82) is 0 Å². The fourth-order valence-corrected chi connectivity index (χ4v) is 4.69. The lowest BCUT2D eigenvalue weighted by atomic mass is 9.88. The molecule has 2 amide bonds. The molecule has 0 spiro atoms. The summed E-state index contributed by atoms with van der Waals surface area (Å²) in [5.74, 6) is 1.97. The van der Waals surface area contributed by atoms with Crippen molar-refractivity contribution in [1.82, 2.24) is 4.90 Å².